The van der Waals surface area contributed by atoms with Gasteiger partial charge in [-0.2, -0.15) is 0 Å². The van der Waals surface area contributed by atoms with E-state index in [2.05, 4.69) is 53.3 Å². The van der Waals surface area contributed by atoms with Crippen molar-refractivity contribution in [2.45, 2.75) is 52.0 Å². The van der Waals surface area contributed by atoms with Gasteiger partial charge in [0.05, 0.1) is 5.02 Å². The third kappa shape index (κ3) is 3.99. The van der Waals surface area contributed by atoms with E-state index in [9.17, 15) is 0 Å². The van der Waals surface area contributed by atoms with Gasteiger partial charge in [-0.3, -0.25) is 0 Å². The Kier molecular flexibility index (Phi) is 6.38. The van der Waals surface area contributed by atoms with E-state index in [-0.39, 0.29) is 0 Å². The molecule has 3 heteroatoms. The molecule has 1 aromatic rings. The zero-order chi connectivity index (χ0) is 14.5. The Morgan fingerprint density at radius 2 is 1.95 bits per heavy atom. The van der Waals surface area contributed by atoms with Crippen LogP contribution in [0.3, 0.4) is 0 Å². The number of benzene rings is 1. The summed E-state index contributed by atoms with van der Waals surface area (Å²) in [4.78, 5) is 0. The monoisotopic (exact) mass is 357 g/mol. The van der Waals surface area contributed by atoms with Crippen LogP contribution >= 0.6 is 27.5 Å². The first-order valence-corrected chi connectivity index (χ1v) is 9.01. The summed E-state index contributed by atoms with van der Waals surface area (Å²) in [7, 11) is 0. The quantitative estimate of drug-likeness (QED) is 0.683. The molecule has 0 bridgehead atoms. The zero-order valence-electron chi connectivity index (χ0n) is 12.5. The second-order valence-electron chi connectivity index (χ2n) is 5.90. The summed E-state index contributed by atoms with van der Waals surface area (Å²) < 4.78 is 0.979. The standard InChI is InChI=1S/C17H25BrClN/c1-3-12-5-7-13(8-6-12)17(20-4-2)14-9-10-15(18)16(19)11-14/h9-13,17,20H,3-8H2,1-2H3. The van der Waals surface area contributed by atoms with Gasteiger partial charge in [0.1, 0.15) is 0 Å². The molecular formula is C17H25BrClN. The topological polar surface area (TPSA) is 12.0 Å². The molecule has 1 N–H and O–H groups in total. The van der Waals surface area contributed by atoms with Crippen LogP contribution in [0.25, 0.3) is 0 Å². The van der Waals surface area contributed by atoms with Crippen molar-refractivity contribution >= 4 is 27.5 Å². The summed E-state index contributed by atoms with van der Waals surface area (Å²) >= 11 is 9.75. The lowest BCUT2D eigenvalue weighted by Crippen LogP contribution is -2.31. The van der Waals surface area contributed by atoms with Gasteiger partial charge in [0, 0.05) is 10.5 Å². The molecule has 20 heavy (non-hydrogen) atoms. The van der Waals surface area contributed by atoms with Crippen LogP contribution in [0.4, 0.5) is 0 Å². The third-order valence-electron chi connectivity index (χ3n) is 4.67. The van der Waals surface area contributed by atoms with Crippen molar-refractivity contribution in [3.05, 3.63) is 33.3 Å². The van der Waals surface area contributed by atoms with Crippen LogP contribution in [-0.4, -0.2) is 6.54 Å². The highest BCUT2D eigenvalue weighted by Gasteiger charge is 2.27. The third-order valence-corrected chi connectivity index (χ3v) is 5.90. The number of hydrogen-bond acceptors (Lipinski definition) is 1. The predicted octanol–water partition coefficient (Wildman–Crippen LogP) is 5.97. The maximum absolute atomic E-state index is 6.27. The lowest BCUT2D eigenvalue weighted by molar-refractivity contribution is 0.220. The molecule has 2 rings (SSSR count). The fraction of sp³-hybridized carbons (Fsp3) is 0.647. The van der Waals surface area contributed by atoms with Gasteiger partial charge in [0.25, 0.3) is 0 Å². The fourth-order valence-corrected chi connectivity index (χ4v) is 3.85. The number of rotatable bonds is 5. The van der Waals surface area contributed by atoms with Crippen LogP contribution in [0.15, 0.2) is 22.7 Å². The molecule has 0 aliphatic heterocycles. The second-order valence-corrected chi connectivity index (χ2v) is 7.16. The summed E-state index contributed by atoms with van der Waals surface area (Å²) in [6, 6.07) is 6.84. The van der Waals surface area contributed by atoms with Crippen LogP contribution in [0.1, 0.15) is 57.6 Å². The number of halogens is 2. The van der Waals surface area contributed by atoms with Gasteiger partial charge < -0.3 is 5.32 Å². The Labute approximate surface area is 136 Å². The molecule has 1 aromatic carbocycles. The molecule has 0 spiro atoms. The van der Waals surface area contributed by atoms with E-state index < -0.39 is 0 Å². The minimum atomic E-state index is 0.448. The molecule has 1 fully saturated rings. The van der Waals surface area contributed by atoms with Gasteiger partial charge in [0.2, 0.25) is 0 Å². The summed E-state index contributed by atoms with van der Waals surface area (Å²) in [5.74, 6) is 1.69. The van der Waals surface area contributed by atoms with E-state index >= 15 is 0 Å². The molecule has 112 valence electrons. The zero-order valence-corrected chi connectivity index (χ0v) is 14.8. The summed E-state index contributed by atoms with van der Waals surface area (Å²) in [6.45, 7) is 5.51. The van der Waals surface area contributed by atoms with Crippen LogP contribution in [0, 0.1) is 11.8 Å². The molecule has 1 saturated carbocycles. The molecule has 1 aliphatic rings. The molecule has 0 radical (unpaired) electrons. The van der Waals surface area contributed by atoms with Crippen molar-refractivity contribution in [3.8, 4) is 0 Å². The van der Waals surface area contributed by atoms with Gasteiger partial charge in [-0.15, -0.1) is 0 Å². The summed E-state index contributed by atoms with van der Waals surface area (Å²) in [5.41, 5.74) is 1.33. The normalized spacial score (nSPS) is 24.6. The fourth-order valence-electron chi connectivity index (χ4n) is 3.41. The lowest BCUT2D eigenvalue weighted by atomic mass is 9.76. The molecule has 0 heterocycles. The van der Waals surface area contributed by atoms with Gasteiger partial charge in [-0.05, 0) is 64.8 Å². The van der Waals surface area contributed by atoms with Crippen LogP contribution in [-0.2, 0) is 0 Å². The van der Waals surface area contributed by atoms with Gasteiger partial charge in [-0.25, -0.2) is 0 Å². The molecule has 0 amide bonds. The van der Waals surface area contributed by atoms with Crippen LogP contribution < -0.4 is 5.32 Å². The minimum Gasteiger partial charge on any atom is -0.310 e. The maximum Gasteiger partial charge on any atom is 0.0551 e. The van der Waals surface area contributed by atoms with Gasteiger partial charge in [0.15, 0.2) is 0 Å². The Morgan fingerprint density at radius 1 is 1.25 bits per heavy atom. The first kappa shape index (κ1) is 16.3. The molecule has 1 atom stereocenters. The van der Waals surface area contributed by atoms with E-state index in [0.29, 0.717) is 6.04 Å². The first-order chi connectivity index (χ1) is 9.65. The maximum atomic E-state index is 6.27. The molecule has 1 unspecified atom stereocenters. The van der Waals surface area contributed by atoms with E-state index in [4.69, 9.17) is 11.6 Å². The average molecular weight is 359 g/mol. The van der Waals surface area contributed by atoms with E-state index in [1.807, 2.05) is 0 Å². The smallest absolute Gasteiger partial charge is 0.0551 e. The van der Waals surface area contributed by atoms with Crippen molar-refractivity contribution in [2.75, 3.05) is 6.54 Å². The van der Waals surface area contributed by atoms with E-state index in [1.165, 1.54) is 37.7 Å². The first-order valence-electron chi connectivity index (χ1n) is 7.84. The largest absolute Gasteiger partial charge is 0.310 e. The minimum absolute atomic E-state index is 0.448. The molecule has 0 saturated heterocycles. The summed E-state index contributed by atoms with van der Waals surface area (Å²) in [5, 5.41) is 4.49. The predicted molar refractivity (Wildman–Crippen MR) is 91.3 cm³/mol. The molecular weight excluding hydrogens is 334 g/mol. The average Bonchev–Trinajstić information content (AvgIpc) is 2.48. The molecule has 1 nitrogen and oxygen atoms in total. The van der Waals surface area contributed by atoms with E-state index in [0.717, 1.165) is 27.9 Å². The Balaban J connectivity index is 2.12. The Bertz CT molecular complexity index is 427. The second kappa shape index (κ2) is 7.82. The van der Waals surface area contributed by atoms with Crippen LogP contribution in [0.5, 0.6) is 0 Å². The Morgan fingerprint density at radius 3 is 2.50 bits per heavy atom. The highest BCUT2D eigenvalue weighted by Crippen LogP contribution is 2.39. The number of hydrogen-bond donors (Lipinski definition) is 1. The van der Waals surface area contributed by atoms with Crippen molar-refractivity contribution in [2.24, 2.45) is 11.8 Å². The summed E-state index contributed by atoms with van der Waals surface area (Å²) in [6.07, 6.45) is 6.77. The molecule has 1 aliphatic carbocycles. The van der Waals surface area contributed by atoms with Crippen molar-refractivity contribution in [1.29, 1.82) is 0 Å². The SMILES string of the molecule is CCNC(c1ccc(Br)c(Cl)c1)C1CCC(CC)CC1. The van der Waals surface area contributed by atoms with Gasteiger partial charge in [-0.1, -0.05) is 50.8 Å². The van der Waals surface area contributed by atoms with Crippen molar-refractivity contribution in [3.63, 3.8) is 0 Å². The highest BCUT2D eigenvalue weighted by molar-refractivity contribution is 9.10. The van der Waals surface area contributed by atoms with Crippen LogP contribution in [0.2, 0.25) is 5.02 Å². The van der Waals surface area contributed by atoms with Crippen molar-refractivity contribution < 1.29 is 0 Å². The van der Waals surface area contributed by atoms with Gasteiger partial charge >= 0.3 is 0 Å². The Hall–Kier alpha value is -0.0500. The lowest BCUT2D eigenvalue weighted by Gasteiger charge is -2.34. The highest BCUT2D eigenvalue weighted by atomic mass is 79.9. The van der Waals surface area contributed by atoms with Crippen molar-refractivity contribution in [1.82, 2.24) is 5.32 Å². The van der Waals surface area contributed by atoms with E-state index in [1.54, 1.807) is 0 Å². The molecule has 0 aromatic heterocycles. The number of nitrogens with one attached hydrogen (secondary N) is 1.